The predicted octanol–water partition coefficient (Wildman–Crippen LogP) is 1.82. The van der Waals surface area contributed by atoms with Gasteiger partial charge in [-0.2, -0.15) is 0 Å². The Morgan fingerprint density at radius 1 is 1.24 bits per heavy atom. The van der Waals surface area contributed by atoms with Crippen LogP contribution in [0.1, 0.15) is 17.3 Å². The van der Waals surface area contributed by atoms with Crippen molar-refractivity contribution in [2.24, 2.45) is 0 Å². The van der Waals surface area contributed by atoms with Crippen molar-refractivity contribution in [2.45, 2.75) is 13.0 Å². The van der Waals surface area contributed by atoms with Crippen LogP contribution in [0.4, 0.5) is 4.39 Å². The maximum Gasteiger partial charge on any atom is 0.320 e. The minimum atomic E-state index is -0.871. The molecule has 7 heteroatoms. The Kier molecular flexibility index (Phi) is 4.95. The maximum absolute atomic E-state index is 13.3. The van der Waals surface area contributed by atoms with Crippen molar-refractivity contribution < 1.29 is 19.1 Å². The highest BCUT2D eigenvalue weighted by Crippen LogP contribution is 2.17. The van der Waals surface area contributed by atoms with Crippen LogP contribution in [0.25, 0.3) is 0 Å². The number of carbonyl (C=O) groups excluding carboxylic acids is 1. The van der Waals surface area contributed by atoms with Crippen molar-refractivity contribution in [3.8, 4) is 0 Å². The quantitative estimate of drug-likeness (QED) is 0.895. The van der Waals surface area contributed by atoms with Crippen molar-refractivity contribution >= 4 is 27.8 Å². The molecule has 1 amide bonds. The molecule has 0 bridgehead atoms. The molecule has 1 N–H and O–H groups in total. The fraction of sp³-hybridized carbons (Fsp3) is 0.429. The smallest absolute Gasteiger partial charge is 0.320 e. The number of amides is 1. The molecule has 1 fully saturated rings. The highest BCUT2D eigenvalue weighted by atomic mass is 79.9. The van der Waals surface area contributed by atoms with E-state index in [4.69, 9.17) is 5.11 Å². The van der Waals surface area contributed by atoms with E-state index in [-0.39, 0.29) is 5.91 Å². The molecule has 0 radical (unpaired) electrons. The van der Waals surface area contributed by atoms with E-state index in [2.05, 4.69) is 15.9 Å². The van der Waals surface area contributed by atoms with Crippen LogP contribution >= 0.6 is 15.9 Å². The summed E-state index contributed by atoms with van der Waals surface area (Å²) in [5, 5.41) is 8.98. The van der Waals surface area contributed by atoms with E-state index in [9.17, 15) is 14.0 Å². The van der Waals surface area contributed by atoms with Gasteiger partial charge in [-0.1, -0.05) is 15.9 Å². The number of aliphatic carboxylic acids is 1. The number of carboxylic acid groups (broad SMARTS) is 1. The molecule has 1 aliphatic heterocycles. The van der Waals surface area contributed by atoms with Gasteiger partial charge in [-0.3, -0.25) is 14.5 Å². The van der Waals surface area contributed by atoms with Crippen LogP contribution in [-0.2, 0) is 4.79 Å². The molecule has 0 aromatic heterocycles. The highest BCUT2D eigenvalue weighted by molar-refractivity contribution is 9.10. The van der Waals surface area contributed by atoms with Crippen LogP contribution < -0.4 is 0 Å². The van der Waals surface area contributed by atoms with Crippen molar-refractivity contribution in [2.75, 3.05) is 26.2 Å². The number of hydrogen-bond acceptors (Lipinski definition) is 3. The number of benzene rings is 1. The predicted molar refractivity (Wildman–Crippen MR) is 78.7 cm³/mol. The van der Waals surface area contributed by atoms with Crippen LogP contribution in [0, 0.1) is 5.82 Å². The second-order valence-electron chi connectivity index (χ2n) is 5.00. The standard InChI is InChI=1S/C14H16BrFN2O3/c1-9(14(20)21)17-2-4-18(5-3-17)13(19)10-6-11(15)8-12(16)7-10/h6-9H,2-5H2,1H3,(H,20,21). The average Bonchev–Trinajstić information content (AvgIpc) is 2.44. The first-order valence-electron chi connectivity index (χ1n) is 6.60. The van der Waals surface area contributed by atoms with E-state index in [0.29, 0.717) is 36.2 Å². The fourth-order valence-electron chi connectivity index (χ4n) is 2.33. The molecule has 1 aromatic carbocycles. The van der Waals surface area contributed by atoms with Gasteiger partial charge in [0.05, 0.1) is 0 Å². The highest BCUT2D eigenvalue weighted by Gasteiger charge is 2.27. The molecule has 0 saturated carbocycles. The molecule has 5 nitrogen and oxygen atoms in total. The molecule has 2 rings (SSSR count). The minimum absolute atomic E-state index is 0.238. The van der Waals surface area contributed by atoms with Crippen LogP contribution in [0.5, 0.6) is 0 Å². The normalized spacial score (nSPS) is 17.6. The molecule has 0 spiro atoms. The van der Waals surface area contributed by atoms with Gasteiger partial charge in [0.15, 0.2) is 0 Å². The molecule has 1 aliphatic rings. The molecule has 1 heterocycles. The summed E-state index contributed by atoms with van der Waals surface area (Å²) in [6.45, 7) is 3.49. The number of carboxylic acids is 1. The summed E-state index contributed by atoms with van der Waals surface area (Å²) in [5.41, 5.74) is 0.293. The molecular weight excluding hydrogens is 343 g/mol. The number of carbonyl (C=O) groups is 2. The third-order valence-electron chi connectivity index (χ3n) is 3.62. The zero-order valence-electron chi connectivity index (χ0n) is 11.6. The molecule has 1 atom stereocenters. The fourth-order valence-corrected chi connectivity index (χ4v) is 2.79. The zero-order valence-corrected chi connectivity index (χ0v) is 13.1. The van der Waals surface area contributed by atoms with E-state index < -0.39 is 17.8 Å². The van der Waals surface area contributed by atoms with Gasteiger partial charge in [-0.25, -0.2) is 4.39 Å². The van der Waals surface area contributed by atoms with Crippen LogP contribution in [0.15, 0.2) is 22.7 Å². The zero-order chi connectivity index (χ0) is 15.6. The van der Waals surface area contributed by atoms with E-state index in [1.54, 1.807) is 17.9 Å². The van der Waals surface area contributed by atoms with E-state index >= 15 is 0 Å². The molecular formula is C14H16BrFN2O3. The Morgan fingerprint density at radius 3 is 2.38 bits per heavy atom. The third kappa shape index (κ3) is 3.79. The second-order valence-corrected chi connectivity index (χ2v) is 5.92. The van der Waals surface area contributed by atoms with Crippen LogP contribution in [0.2, 0.25) is 0 Å². The minimum Gasteiger partial charge on any atom is -0.480 e. The Balaban J connectivity index is 2.01. The van der Waals surface area contributed by atoms with E-state index in [0.717, 1.165) is 0 Å². The number of rotatable bonds is 3. The van der Waals surface area contributed by atoms with E-state index in [1.165, 1.54) is 12.1 Å². The molecule has 1 aromatic rings. The first-order chi connectivity index (χ1) is 9.88. The average molecular weight is 359 g/mol. The topological polar surface area (TPSA) is 60.9 Å². The lowest BCUT2D eigenvalue weighted by Crippen LogP contribution is -2.53. The summed E-state index contributed by atoms with van der Waals surface area (Å²) in [6, 6.07) is 3.52. The summed E-state index contributed by atoms with van der Waals surface area (Å²) in [5.74, 6) is -1.58. The monoisotopic (exact) mass is 358 g/mol. The van der Waals surface area contributed by atoms with Gasteiger partial charge in [-0.05, 0) is 25.1 Å². The van der Waals surface area contributed by atoms with Crippen molar-refractivity contribution in [1.82, 2.24) is 9.80 Å². The maximum atomic E-state index is 13.3. The van der Waals surface area contributed by atoms with Gasteiger partial charge < -0.3 is 10.0 Å². The van der Waals surface area contributed by atoms with Crippen LogP contribution in [-0.4, -0.2) is 59.0 Å². The lowest BCUT2D eigenvalue weighted by molar-refractivity contribution is -0.143. The summed E-state index contributed by atoms with van der Waals surface area (Å²) >= 11 is 3.17. The Bertz CT molecular complexity index is 539. The van der Waals surface area contributed by atoms with Gasteiger partial charge in [0.1, 0.15) is 11.9 Å². The van der Waals surface area contributed by atoms with Crippen LogP contribution in [0.3, 0.4) is 0 Å². The summed E-state index contributed by atoms with van der Waals surface area (Å²) in [7, 11) is 0. The van der Waals surface area contributed by atoms with Gasteiger partial charge >= 0.3 is 5.97 Å². The molecule has 1 unspecified atom stereocenters. The van der Waals surface area contributed by atoms with E-state index in [1.807, 2.05) is 4.90 Å². The Hall–Kier alpha value is -1.47. The lowest BCUT2D eigenvalue weighted by Gasteiger charge is -2.36. The van der Waals surface area contributed by atoms with Crippen molar-refractivity contribution in [3.63, 3.8) is 0 Å². The Labute approximate surface area is 130 Å². The molecule has 21 heavy (non-hydrogen) atoms. The van der Waals surface area contributed by atoms with Gasteiger partial charge in [0.25, 0.3) is 5.91 Å². The number of nitrogens with zero attached hydrogens (tertiary/aromatic N) is 2. The SMILES string of the molecule is CC(C(=O)O)N1CCN(C(=O)c2cc(F)cc(Br)c2)CC1. The van der Waals surface area contributed by atoms with Crippen molar-refractivity contribution in [3.05, 3.63) is 34.1 Å². The number of piperazine rings is 1. The summed E-state index contributed by atoms with van der Waals surface area (Å²) in [4.78, 5) is 26.7. The molecule has 0 aliphatic carbocycles. The second kappa shape index (κ2) is 6.53. The summed E-state index contributed by atoms with van der Waals surface area (Å²) < 4.78 is 13.9. The van der Waals surface area contributed by atoms with Gasteiger partial charge in [0.2, 0.25) is 0 Å². The van der Waals surface area contributed by atoms with Gasteiger partial charge in [-0.15, -0.1) is 0 Å². The van der Waals surface area contributed by atoms with Gasteiger partial charge in [0, 0.05) is 36.2 Å². The molecule has 114 valence electrons. The first-order valence-corrected chi connectivity index (χ1v) is 7.40. The number of halogens is 2. The van der Waals surface area contributed by atoms with Crippen molar-refractivity contribution in [1.29, 1.82) is 0 Å². The number of hydrogen-bond donors (Lipinski definition) is 1. The first kappa shape index (κ1) is 15.9. The Morgan fingerprint density at radius 2 is 1.86 bits per heavy atom. The molecule has 1 saturated heterocycles. The lowest BCUT2D eigenvalue weighted by atomic mass is 10.1. The third-order valence-corrected chi connectivity index (χ3v) is 4.07. The summed E-state index contributed by atoms with van der Waals surface area (Å²) in [6.07, 6.45) is 0. The largest absolute Gasteiger partial charge is 0.480 e.